The fourth-order valence-corrected chi connectivity index (χ4v) is 2.34. The van der Waals surface area contributed by atoms with Crippen molar-refractivity contribution in [3.05, 3.63) is 17.0 Å². The van der Waals surface area contributed by atoms with E-state index in [1.807, 2.05) is 0 Å². The van der Waals surface area contributed by atoms with Crippen LogP contribution in [0.1, 0.15) is 35.8 Å². The maximum Gasteiger partial charge on any atom is 0.0849 e. The Balaban J connectivity index is 1.93. The number of nitrogens with one attached hydrogen (secondary N) is 2. The first-order chi connectivity index (χ1) is 6.95. The van der Waals surface area contributed by atoms with Gasteiger partial charge in [-0.25, -0.2) is 0 Å². The van der Waals surface area contributed by atoms with Gasteiger partial charge in [0.1, 0.15) is 0 Å². The van der Waals surface area contributed by atoms with Crippen molar-refractivity contribution in [2.24, 2.45) is 0 Å². The standard InChI is InChI=1S/C10H15N3O/c1-2-9(11-4-1)10-7-6-14-5-3-8(7)12-13-10/h9,11H,1-6H2,(H,12,13). The first kappa shape index (κ1) is 8.44. The molecular formula is C10H15N3O. The lowest BCUT2D eigenvalue weighted by Gasteiger charge is -2.15. The van der Waals surface area contributed by atoms with Gasteiger partial charge in [0.25, 0.3) is 0 Å². The second kappa shape index (κ2) is 3.37. The highest BCUT2D eigenvalue weighted by atomic mass is 16.5. The van der Waals surface area contributed by atoms with E-state index in [1.165, 1.54) is 29.8 Å². The quantitative estimate of drug-likeness (QED) is 0.697. The first-order valence-corrected chi connectivity index (χ1v) is 5.32. The summed E-state index contributed by atoms with van der Waals surface area (Å²) in [6.07, 6.45) is 3.44. The normalized spacial score (nSPS) is 26.4. The van der Waals surface area contributed by atoms with Gasteiger partial charge in [0.05, 0.1) is 24.9 Å². The molecule has 0 bridgehead atoms. The molecule has 0 spiro atoms. The summed E-state index contributed by atoms with van der Waals surface area (Å²) in [5, 5.41) is 11.0. The Labute approximate surface area is 83.0 Å². The lowest BCUT2D eigenvalue weighted by atomic mass is 10.0. The van der Waals surface area contributed by atoms with Crippen molar-refractivity contribution in [2.45, 2.75) is 31.9 Å². The predicted molar refractivity (Wildman–Crippen MR) is 51.9 cm³/mol. The lowest BCUT2D eigenvalue weighted by Crippen LogP contribution is -2.17. The average Bonchev–Trinajstić information content (AvgIpc) is 2.85. The number of nitrogens with zero attached hydrogens (tertiary/aromatic N) is 1. The molecule has 4 nitrogen and oxygen atoms in total. The van der Waals surface area contributed by atoms with Crippen molar-refractivity contribution in [3.8, 4) is 0 Å². The van der Waals surface area contributed by atoms with Crippen LogP contribution in [0.15, 0.2) is 0 Å². The molecule has 4 heteroatoms. The SMILES string of the molecule is C1CNC(c2n[nH]c3c2COCC3)C1. The number of ether oxygens (including phenoxy) is 1. The van der Waals surface area contributed by atoms with E-state index in [-0.39, 0.29) is 0 Å². The van der Waals surface area contributed by atoms with Crippen LogP contribution in [0, 0.1) is 0 Å². The second-order valence-electron chi connectivity index (χ2n) is 4.02. The van der Waals surface area contributed by atoms with E-state index in [1.54, 1.807) is 0 Å². The van der Waals surface area contributed by atoms with Crippen molar-refractivity contribution in [1.82, 2.24) is 15.5 Å². The van der Waals surface area contributed by atoms with Crippen LogP contribution in [0.25, 0.3) is 0 Å². The first-order valence-electron chi connectivity index (χ1n) is 5.32. The third-order valence-corrected chi connectivity index (χ3v) is 3.12. The highest BCUT2D eigenvalue weighted by Crippen LogP contribution is 2.28. The van der Waals surface area contributed by atoms with Crippen LogP contribution in [-0.2, 0) is 17.8 Å². The Bertz CT molecular complexity index is 328. The molecule has 76 valence electrons. The Hall–Kier alpha value is -0.870. The minimum atomic E-state index is 0.455. The van der Waals surface area contributed by atoms with Gasteiger partial charge in [-0.1, -0.05) is 0 Å². The molecule has 14 heavy (non-hydrogen) atoms. The number of aromatic nitrogens is 2. The summed E-state index contributed by atoms with van der Waals surface area (Å²) in [6, 6.07) is 0.455. The Morgan fingerprint density at radius 1 is 1.43 bits per heavy atom. The molecule has 2 aliphatic heterocycles. The number of rotatable bonds is 1. The van der Waals surface area contributed by atoms with Gasteiger partial charge in [0.2, 0.25) is 0 Å². The monoisotopic (exact) mass is 193 g/mol. The van der Waals surface area contributed by atoms with Crippen molar-refractivity contribution >= 4 is 0 Å². The lowest BCUT2D eigenvalue weighted by molar-refractivity contribution is 0.109. The van der Waals surface area contributed by atoms with E-state index in [9.17, 15) is 0 Å². The fourth-order valence-electron chi connectivity index (χ4n) is 2.34. The Morgan fingerprint density at radius 3 is 3.29 bits per heavy atom. The maximum atomic E-state index is 5.47. The third kappa shape index (κ3) is 1.26. The Kier molecular flexibility index (Phi) is 2.03. The molecule has 2 aliphatic rings. The van der Waals surface area contributed by atoms with E-state index in [0.29, 0.717) is 6.04 Å². The molecule has 0 saturated carbocycles. The number of aromatic amines is 1. The van der Waals surface area contributed by atoms with Crippen molar-refractivity contribution < 1.29 is 4.74 Å². The molecule has 0 aliphatic carbocycles. The van der Waals surface area contributed by atoms with E-state index >= 15 is 0 Å². The fraction of sp³-hybridized carbons (Fsp3) is 0.700. The van der Waals surface area contributed by atoms with E-state index in [0.717, 1.165) is 26.2 Å². The van der Waals surface area contributed by atoms with Crippen LogP contribution in [0.5, 0.6) is 0 Å². The molecule has 2 N–H and O–H groups in total. The number of hydrogen-bond donors (Lipinski definition) is 2. The Morgan fingerprint density at radius 2 is 2.43 bits per heavy atom. The van der Waals surface area contributed by atoms with Crippen molar-refractivity contribution in [3.63, 3.8) is 0 Å². The zero-order valence-corrected chi connectivity index (χ0v) is 8.18. The third-order valence-electron chi connectivity index (χ3n) is 3.12. The highest BCUT2D eigenvalue weighted by Gasteiger charge is 2.25. The minimum Gasteiger partial charge on any atom is -0.376 e. The van der Waals surface area contributed by atoms with E-state index in [2.05, 4.69) is 15.5 Å². The molecule has 1 unspecified atom stereocenters. The minimum absolute atomic E-state index is 0.455. The smallest absolute Gasteiger partial charge is 0.0849 e. The summed E-state index contributed by atoms with van der Waals surface area (Å²) in [6.45, 7) is 2.68. The zero-order valence-electron chi connectivity index (χ0n) is 8.18. The van der Waals surface area contributed by atoms with Crippen LogP contribution in [0.4, 0.5) is 0 Å². The van der Waals surface area contributed by atoms with Gasteiger partial charge in [0.15, 0.2) is 0 Å². The number of hydrogen-bond acceptors (Lipinski definition) is 3. The van der Waals surface area contributed by atoms with Gasteiger partial charge >= 0.3 is 0 Å². The van der Waals surface area contributed by atoms with Gasteiger partial charge in [-0.05, 0) is 19.4 Å². The van der Waals surface area contributed by atoms with E-state index < -0.39 is 0 Å². The number of H-pyrrole nitrogens is 1. The van der Waals surface area contributed by atoms with Gasteiger partial charge in [-0.3, -0.25) is 5.10 Å². The summed E-state index contributed by atoms with van der Waals surface area (Å²) < 4.78 is 5.47. The molecule has 0 aromatic carbocycles. The molecular weight excluding hydrogens is 178 g/mol. The van der Waals surface area contributed by atoms with Gasteiger partial charge in [-0.2, -0.15) is 5.10 Å². The second-order valence-corrected chi connectivity index (χ2v) is 4.02. The molecule has 3 heterocycles. The van der Waals surface area contributed by atoms with Crippen molar-refractivity contribution in [1.29, 1.82) is 0 Å². The molecule has 1 saturated heterocycles. The summed E-state index contributed by atoms with van der Waals surface area (Å²) >= 11 is 0. The largest absolute Gasteiger partial charge is 0.376 e. The number of fused-ring (bicyclic) bond motifs is 1. The highest BCUT2D eigenvalue weighted by molar-refractivity contribution is 5.29. The topological polar surface area (TPSA) is 49.9 Å². The van der Waals surface area contributed by atoms with Crippen LogP contribution >= 0.6 is 0 Å². The summed E-state index contributed by atoms with van der Waals surface area (Å²) in [5.41, 5.74) is 3.77. The van der Waals surface area contributed by atoms with Crippen LogP contribution in [0.3, 0.4) is 0 Å². The maximum absolute atomic E-state index is 5.47. The summed E-state index contributed by atoms with van der Waals surface area (Å²) in [7, 11) is 0. The molecule has 0 amide bonds. The van der Waals surface area contributed by atoms with Crippen molar-refractivity contribution in [2.75, 3.05) is 13.2 Å². The molecule has 3 rings (SSSR count). The zero-order chi connectivity index (χ0) is 9.38. The molecule has 1 fully saturated rings. The van der Waals surface area contributed by atoms with Gasteiger partial charge in [0, 0.05) is 17.7 Å². The van der Waals surface area contributed by atoms with Gasteiger partial charge in [-0.15, -0.1) is 0 Å². The van der Waals surface area contributed by atoms with Crippen LogP contribution in [-0.4, -0.2) is 23.3 Å². The predicted octanol–water partition coefficient (Wildman–Crippen LogP) is 0.907. The molecule has 1 atom stereocenters. The molecule has 1 aromatic rings. The van der Waals surface area contributed by atoms with Crippen LogP contribution < -0.4 is 5.32 Å². The average molecular weight is 193 g/mol. The summed E-state index contributed by atoms with van der Waals surface area (Å²) in [5.74, 6) is 0. The van der Waals surface area contributed by atoms with Crippen LogP contribution in [0.2, 0.25) is 0 Å². The van der Waals surface area contributed by atoms with E-state index in [4.69, 9.17) is 4.74 Å². The molecule has 1 aromatic heterocycles. The van der Waals surface area contributed by atoms with Gasteiger partial charge < -0.3 is 10.1 Å². The molecule has 0 radical (unpaired) electrons. The summed E-state index contributed by atoms with van der Waals surface area (Å²) in [4.78, 5) is 0.